The van der Waals surface area contributed by atoms with Gasteiger partial charge < -0.3 is 9.74 Å². The Morgan fingerprint density at radius 1 is 1.08 bits per heavy atom. The Labute approximate surface area is 227 Å². The molecule has 0 bridgehead atoms. The zero-order chi connectivity index (χ0) is 27.2. The van der Waals surface area contributed by atoms with Crippen LogP contribution in [0.15, 0.2) is 71.6 Å². The normalized spacial score (nSPS) is 15.2. The second-order valence-corrected chi connectivity index (χ2v) is 10.3. The Kier molecular flexibility index (Phi) is 9.01. The summed E-state index contributed by atoms with van der Waals surface area (Å²) in [7, 11) is 3.72. The molecule has 0 aliphatic carbocycles. The minimum absolute atomic E-state index is 0.0258. The Bertz CT molecular complexity index is 1260. The molecule has 1 aliphatic rings. The summed E-state index contributed by atoms with van der Waals surface area (Å²) in [6.45, 7) is 6.06. The van der Waals surface area contributed by atoms with E-state index in [0.29, 0.717) is 18.7 Å². The van der Waals surface area contributed by atoms with Gasteiger partial charge in [-0.25, -0.2) is 9.31 Å². The number of carbonyl (C=O) groups excluding carboxylic acids is 1. The van der Waals surface area contributed by atoms with Gasteiger partial charge in [-0.05, 0) is 85.3 Å². The third-order valence-corrected chi connectivity index (χ3v) is 7.55. The molecule has 1 amide bonds. The van der Waals surface area contributed by atoms with Gasteiger partial charge in [-0.3, -0.25) is 14.9 Å². The fourth-order valence-electron chi connectivity index (χ4n) is 4.50. The Hall–Kier alpha value is -3.44. The average molecular weight is 536 g/mol. The summed E-state index contributed by atoms with van der Waals surface area (Å²) in [5.74, 6) is 0.755. The number of nitrogens with one attached hydrogen (secondary N) is 1. The van der Waals surface area contributed by atoms with Crippen LogP contribution in [0.25, 0.3) is 0 Å². The fourth-order valence-corrected chi connectivity index (χ4v) is 5.55. The third-order valence-electron chi connectivity index (χ3n) is 6.44. The molecule has 3 aromatic rings. The van der Waals surface area contributed by atoms with Crippen LogP contribution in [0.4, 0.5) is 5.69 Å². The van der Waals surface area contributed by atoms with E-state index in [4.69, 9.17) is 4.84 Å². The highest BCUT2D eigenvalue weighted by atomic mass is 32.2. The van der Waals surface area contributed by atoms with E-state index in [9.17, 15) is 14.9 Å². The predicted octanol–water partition coefficient (Wildman–Crippen LogP) is 5.09. The number of fused-ring (bicyclic) bond motifs is 1. The molecule has 1 unspecified atom stereocenters. The molecule has 3 aromatic carbocycles. The molecule has 200 valence electrons. The number of nitro benzene ring substituents is 1. The van der Waals surface area contributed by atoms with Gasteiger partial charge in [-0.2, -0.15) is 0 Å². The molecular formula is C28H33N5O4S. The van der Waals surface area contributed by atoms with Crippen LogP contribution in [0.5, 0.6) is 5.75 Å². The van der Waals surface area contributed by atoms with Gasteiger partial charge in [0.25, 0.3) is 11.6 Å². The first-order valence-electron chi connectivity index (χ1n) is 12.6. The first-order valence-corrected chi connectivity index (χ1v) is 13.4. The highest BCUT2D eigenvalue weighted by Gasteiger charge is 2.30. The van der Waals surface area contributed by atoms with Crippen LogP contribution in [0.3, 0.4) is 0 Å². The molecule has 4 rings (SSSR count). The number of non-ortho nitro benzene ring substituents is 1. The van der Waals surface area contributed by atoms with Crippen molar-refractivity contribution < 1.29 is 14.6 Å². The molecule has 0 fully saturated rings. The number of nitrogens with zero attached hydrogens (tertiary/aromatic N) is 4. The first-order chi connectivity index (χ1) is 18.3. The molecule has 1 N–H and O–H groups in total. The number of amides is 1. The van der Waals surface area contributed by atoms with E-state index in [-0.39, 0.29) is 22.6 Å². The molecule has 1 atom stereocenters. The van der Waals surface area contributed by atoms with Crippen LogP contribution in [0.2, 0.25) is 0 Å². The van der Waals surface area contributed by atoms with E-state index in [1.54, 1.807) is 29.1 Å². The second-order valence-electron chi connectivity index (χ2n) is 9.18. The highest BCUT2D eigenvalue weighted by molar-refractivity contribution is 7.97. The van der Waals surface area contributed by atoms with Crippen LogP contribution in [-0.2, 0) is 6.42 Å². The summed E-state index contributed by atoms with van der Waals surface area (Å²) < 4.78 is 2.29. The van der Waals surface area contributed by atoms with Crippen molar-refractivity contribution in [2.75, 3.05) is 33.7 Å². The lowest BCUT2D eigenvalue weighted by molar-refractivity contribution is -0.384. The molecule has 0 saturated carbocycles. The van der Waals surface area contributed by atoms with E-state index in [1.165, 1.54) is 17.7 Å². The van der Waals surface area contributed by atoms with Crippen LogP contribution in [0, 0.1) is 10.1 Å². The van der Waals surface area contributed by atoms with Gasteiger partial charge >= 0.3 is 0 Å². The molecule has 0 radical (unpaired) electrons. The summed E-state index contributed by atoms with van der Waals surface area (Å²) in [5.41, 5.74) is 6.99. The monoisotopic (exact) mass is 535 g/mol. The molecule has 9 nitrogen and oxygen atoms in total. The quantitative estimate of drug-likeness (QED) is 0.218. The van der Waals surface area contributed by atoms with Crippen LogP contribution >= 0.6 is 11.9 Å². The highest BCUT2D eigenvalue weighted by Crippen LogP contribution is 2.42. The Balaban J connectivity index is 1.66. The van der Waals surface area contributed by atoms with Crippen LogP contribution in [0.1, 0.15) is 46.9 Å². The standard InChI is InChI=1S/C28H33N5O4S/c1-5-31(6-2)28(34)21-9-7-20(8-10-21)27-26-16-13-24(37-29-30(3)4)19-22(26)17-18-32(27)38-25-14-11-23(12-15-25)33(35)36/h7-16,19,27,29H,5-6,17-18H2,1-4H3. The smallest absolute Gasteiger partial charge is 0.269 e. The largest absolute Gasteiger partial charge is 0.394 e. The molecule has 10 heteroatoms. The maximum absolute atomic E-state index is 12.9. The minimum Gasteiger partial charge on any atom is -0.394 e. The predicted molar refractivity (Wildman–Crippen MR) is 149 cm³/mol. The summed E-state index contributed by atoms with van der Waals surface area (Å²) in [4.78, 5) is 32.0. The van der Waals surface area contributed by atoms with E-state index < -0.39 is 0 Å². The molecule has 38 heavy (non-hydrogen) atoms. The first kappa shape index (κ1) is 27.6. The number of carbonyl (C=O) groups is 1. The maximum atomic E-state index is 12.9. The van der Waals surface area contributed by atoms with E-state index >= 15 is 0 Å². The second kappa shape index (κ2) is 12.4. The number of benzene rings is 3. The molecule has 1 heterocycles. The molecule has 0 saturated heterocycles. The zero-order valence-corrected chi connectivity index (χ0v) is 22.9. The minimum atomic E-state index is -0.389. The fraction of sp³-hybridized carbons (Fsp3) is 0.321. The number of nitro groups is 1. The van der Waals surface area contributed by atoms with Crippen LogP contribution in [-0.4, -0.2) is 58.8 Å². The van der Waals surface area contributed by atoms with Gasteiger partial charge in [0.2, 0.25) is 0 Å². The van der Waals surface area contributed by atoms with Gasteiger partial charge in [0.1, 0.15) is 5.75 Å². The molecule has 0 aromatic heterocycles. The summed E-state index contributed by atoms with van der Waals surface area (Å²) in [5, 5.41) is 12.8. The van der Waals surface area contributed by atoms with Gasteiger partial charge in [0.05, 0.1) is 11.0 Å². The van der Waals surface area contributed by atoms with Crippen LogP contribution < -0.4 is 10.4 Å². The summed E-state index contributed by atoms with van der Waals surface area (Å²) in [6, 6.07) is 20.5. The van der Waals surface area contributed by atoms with Crippen molar-refractivity contribution in [3.63, 3.8) is 0 Å². The van der Waals surface area contributed by atoms with Crippen molar-refractivity contribution >= 4 is 23.5 Å². The lowest BCUT2D eigenvalue weighted by atomic mass is 9.89. The van der Waals surface area contributed by atoms with E-state index in [2.05, 4.69) is 22.0 Å². The van der Waals surface area contributed by atoms with Gasteiger partial charge in [0.15, 0.2) is 0 Å². The van der Waals surface area contributed by atoms with Crippen molar-refractivity contribution in [1.29, 1.82) is 0 Å². The lowest BCUT2D eigenvalue weighted by Gasteiger charge is -2.37. The number of hydrazine groups is 1. The van der Waals surface area contributed by atoms with Crippen molar-refractivity contribution in [2.24, 2.45) is 0 Å². The van der Waals surface area contributed by atoms with Gasteiger partial charge in [0, 0.05) is 56.3 Å². The number of rotatable bonds is 10. The lowest BCUT2D eigenvalue weighted by Crippen LogP contribution is -2.34. The summed E-state index contributed by atoms with van der Waals surface area (Å²) in [6.07, 6.45) is 0.823. The van der Waals surface area contributed by atoms with Gasteiger partial charge in [-0.1, -0.05) is 23.8 Å². The SMILES string of the molecule is CCN(CC)C(=O)c1ccc(C2c3ccc(ONN(C)C)cc3CCN2Sc2ccc([N+](=O)[O-])cc2)cc1. The van der Waals surface area contributed by atoms with Crippen molar-refractivity contribution in [3.8, 4) is 5.75 Å². The Morgan fingerprint density at radius 3 is 2.37 bits per heavy atom. The molecule has 1 aliphatic heterocycles. The van der Waals surface area contributed by atoms with Crippen molar-refractivity contribution in [1.82, 2.24) is 19.8 Å². The maximum Gasteiger partial charge on any atom is 0.269 e. The summed E-state index contributed by atoms with van der Waals surface area (Å²) >= 11 is 1.58. The van der Waals surface area contributed by atoms with E-state index in [1.807, 2.05) is 63.2 Å². The van der Waals surface area contributed by atoms with Crippen molar-refractivity contribution in [2.45, 2.75) is 31.2 Å². The number of hydrogen-bond donors (Lipinski definition) is 1. The number of hydrogen-bond acceptors (Lipinski definition) is 8. The van der Waals surface area contributed by atoms with E-state index in [0.717, 1.165) is 34.7 Å². The molecular weight excluding hydrogens is 502 g/mol. The van der Waals surface area contributed by atoms with Crippen molar-refractivity contribution in [3.05, 3.63) is 99.1 Å². The zero-order valence-electron chi connectivity index (χ0n) is 22.1. The third kappa shape index (κ3) is 6.33. The molecule has 0 spiro atoms. The Morgan fingerprint density at radius 2 is 1.76 bits per heavy atom. The average Bonchev–Trinajstić information content (AvgIpc) is 2.92. The van der Waals surface area contributed by atoms with Gasteiger partial charge in [-0.15, -0.1) is 0 Å². The topological polar surface area (TPSA) is 91.2 Å².